The minimum Gasteiger partial charge on any atom is -0.495 e. The van der Waals surface area contributed by atoms with E-state index in [4.69, 9.17) is 15.2 Å². The van der Waals surface area contributed by atoms with Crippen molar-refractivity contribution >= 4 is 32.7 Å². The fourth-order valence-electron chi connectivity index (χ4n) is 6.61. The lowest BCUT2D eigenvalue weighted by atomic mass is 10.0. The number of amides is 1. The zero-order valence-corrected chi connectivity index (χ0v) is 24.7. The number of likely N-dealkylation sites (N-methyl/N-ethyl adjacent to an activating group) is 1. The molecule has 0 bridgehead atoms. The number of hydrogen-bond acceptors (Lipinski definition) is 10. The predicted molar refractivity (Wildman–Crippen MR) is 155 cm³/mol. The average Bonchev–Trinajstić information content (AvgIpc) is 3.62. The van der Waals surface area contributed by atoms with Gasteiger partial charge in [0.05, 0.1) is 31.5 Å². The van der Waals surface area contributed by atoms with Gasteiger partial charge in [-0.2, -0.15) is 12.7 Å². The molecule has 41 heavy (non-hydrogen) atoms. The lowest BCUT2D eigenvalue weighted by Gasteiger charge is -2.52. The number of nitrogens with two attached hydrogens (primary N) is 1. The number of nitrogens with zero attached hydrogens (tertiary/aromatic N) is 4. The van der Waals surface area contributed by atoms with Crippen LogP contribution in [0.1, 0.15) is 39.0 Å². The highest BCUT2D eigenvalue weighted by atomic mass is 32.2. The summed E-state index contributed by atoms with van der Waals surface area (Å²) in [6.07, 6.45) is 7.00. The first-order chi connectivity index (χ1) is 19.6. The number of ether oxygens (including phenoxy) is 2. The first-order valence-corrected chi connectivity index (χ1v) is 15.7. The summed E-state index contributed by atoms with van der Waals surface area (Å²) in [6.45, 7) is 4.25. The van der Waals surface area contributed by atoms with E-state index in [1.807, 2.05) is 11.9 Å². The number of hydrogen-bond donors (Lipinski definition) is 4. The Morgan fingerprint density at radius 2 is 1.93 bits per heavy atom. The van der Waals surface area contributed by atoms with E-state index >= 15 is 0 Å². The third-order valence-corrected chi connectivity index (χ3v) is 10.5. The van der Waals surface area contributed by atoms with Crippen molar-refractivity contribution in [2.75, 3.05) is 52.3 Å². The van der Waals surface area contributed by atoms with Gasteiger partial charge in [-0.25, -0.2) is 3.97 Å². The molecule has 1 amide bonds. The van der Waals surface area contributed by atoms with Crippen LogP contribution >= 0.6 is 0 Å². The Morgan fingerprint density at radius 3 is 2.61 bits per heavy atom. The third-order valence-electron chi connectivity index (χ3n) is 8.63. The Morgan fingerprint density at radius 1 is 1.20 bits per heavy atom. The number of benzene rings is 1. The minimum atomic E-state index is -3.79. The van der Waals surface area contributed by atoms with E-state index < -0.39 is 16.1 Å². The standard InChI is InChI=1S/C27H40N8O5S/c1-4-19-17-32(2)24-25(35(19)20-7-5-6-8-20)30-27(28,31-26(24)36)29-21-15-18-9-10-34(22(18)16-23(21)39-3)41(37,38)33-11-13-40-14-12-33/h9-10,15-16,19-20,29-30H,4-8,11-14,17,28H2,1-3H3,(H,31,36)/t19?,27-/m1/s1. The van der Waals surface area contributed by atoms with Gasteiger partial charge in [-0.15, -0.1) is 0 Å². The van der Waals surface area contributed by atoms with E-state index in [1.165, 1.54) is 34.4 Å². The van der Waals surface area contributed by atoms with E-state index in [2.05, 4.69) is 27.8 Å². The summed E-state index contributed by atoms with van der Waals surface area (Å²) >= 11 is 0. The Balaban J connectivity index is 1.33. The van der Waals surface area contributed by atoms with Crippen LogP contribution in [0.25, 0.3) is 10.9 Å². The molecule has 0 spiro atoms. The first kappa shape index (κ1) is 27.9. The van der Waals surface area contributed by atoms with Gasteiger partial charge in [0.15, 0.2) is 0 Å². The topological polar surface area (TPSA) is 146 Å². The monoisotopic (exact) mass is 588 g/mol. The fraction of sp³-hybridized carbons (Fsp3) is 0.593. The molecule has 1 unspecified atom stereocenters. The molecular weight excluding hydrogens is 548 g/mol. The number of methoxy groups -OCH3 is 1. The van der Waals surface area contributed by atoms with Gasteiger partial charge in [0.2, 0.25) is 5.91 Å². The maximum Gasteiger partial charge on any atom is 0.308 e. The number of rotatable bonds is 7. The molecule has 0 radical (unpaired) electrons. The molecule has 1 aliphatic carbocycles. The number of carbonyl (C=O) groups is 1. The molecule has 2 aromatic rings. The van der Waals surface area contributed by atoms with Gasteiger partial charge in [0.25, 0.3) is 5.91 Å². The molecule has 6 rings (SSSR count). The van der Waals surface area contributed by atoms with Gasteiger partial charge in [-0.3, -0.25) is 15.8 Å². The summed E-state index contributed by atoms with van der Waals surface area (Å²) in [5.74, 6) is -0.669. The van der Waals surface area contributed by atoms with Crippen LogP contribution in [0.2, 0.25) is 0 Å². The highest BCUT2D eigenvalue weighted by molar-refractivity contribution is 7.87. The van der Waals surface area contributed by atoms with Crippen molar-refractivity contribution in [2.45, 2.75) is 57.0 Å². The molecule has 2 fully saturated rings. The van der Waals surface area contributed by atoms with Crippen molar-refractivity contribution in [2.24, 2.45) is 5.73 Å². The summed E-state index contributed by atoms with van der Waals surface area (Å²) in [4.78, 5) is 17.9. The van der Waals surface area contributed by atoms with Crippen LogP contribution in [0.5, 0.6) is 5.75 Å². The fourth-order valence-corrected chi connectivity index (χ4v) is 8.09. The largest absolute Gasteiger partial charge is 0.495 e. The zero-order chi connectivity index (χ0) is 28.9. The van der Waals surface area contributed by atoms with Gasteiger partial charge in [0.1, 0.15) is 17.3 Å². The normalized spacial score (nSPS) is 26.2. The number of morpholine rings is 1. The number of anilines is 1. The van der Waals surface area contributed by atoms with Crippen LogP contribution in [0.3, 0.4) is 0 Å². The third kappa shape index (κ3) is 4.86. The summed E-state index contributed by atoms with van der Waals surface area (Å²) in [5, 5.41) is 10.2. The van der Waals surface area contributed by atoms with E-state index in [-0.39, 0.29) is 11.9 Å². The van der Waals surface area contributed by atoms with E-state index in [1.54, 1.807) is 18.2 Å². The zero-order valence-electron chi connectivity index (χ0n) is 23.9. The van der Waals surface area contributed by atoms with Gasteiger partial charge in [-0.1, -0.05) is 19.8 Å². The maximum atomic E-state index is 13.5. The second-order valence-corrected chi connectivity index (χ2v) is 13.0. The molecule has 4 heterocycles. The summed E-state index contributed by atoms with van der Waals surface area (Å²) in [7, 11) is -0.337. The molecule has 2 atom stereocenters. The van der Waals surface area contributed by atoms with Crippen molar-refractivity contribution in [3.05, 3.63) is 35.9 Å². The summed E-state index contributed by atoms with van der Waals surface area (Å²) in [6, 6.07) is 5.78. The van der Waals surface area contributed by atoms with E-state index in [0.29, 0.717) is 60.4 Å². The molecule has 1 aromatic heterocycles. The minimum absolute atomic E-state index is 0.253. The molecule has 1 saturated carbocycles. The predicted octanol–water partition coefficient (Wildman–Crippen LogP) is 0.914. The quantitative estimate of drug-likeness (QED) is 0.344. The van der Waals surface area contributed by atoms with Crippen LogP contribution in [0, 0.1) is 0 Å². The van der Waals surface area contributed by atoms with E-state index in [9.17, 15) is 13.2 Å². The number of fused-ring (bicyclic) bond motifs is 1. The highest BCUT2D eigenvalue weighted by Crippen LogP contribution is 2.37. The Labute approximate surface area is 240 Å². The SMILES string of the molecule is CCC1CN(C)C2=C(N[C@@](N)(Nc3cc4ccn(S(=O)(=O)N5CCOCC5)c4cc3OC)NC2=O)N1C1CCCC1. The Bertz CT molecular complexity index is 1460. The highest BCUT2D eigenvalue weighted by Gasteiger charge is 2.46. The van der Waals surface area contributed by atoms with E-state index in [0.717, 1.165) is 31.6 Å². The molecular formula is C27H40N8O5S. The molecule has 4 aliphatic rings. The molecule has 224 valence electrons. The summed E-state index contributed by atoms with van der Waals surface area (Å²) < 4.78 is 40.5. The van der Waals surface area contributed by atoms with Gasteiger partial charge in [0, 0.05) is 56.4 Å². The maximum absolute atomic E-state index is 13.5. The number of nitrogens with one attached hydrogen (secondary N) is 3. The van der Waals surface area contributed by atoms with Crippen molar-refractivity contribution in [3.8, 4) is 5.75 Å². The molecule has 3 aliphatic heterocycles. The second kappa shape index (κ2) is 10.6. The smallest absolute Gasteiger partial charge is 0.308 e. The lowest BCUT2D eigenvalue weighted by molar-refractivity contribution is -0.123. The van der Waals surface area contributed by atoms with Crippen molar-refractivity contribution in [1.29, 1.82) is 0 Å². The molecule has 1 saturated heterocycles. The van der Waals surface area contributed by atoms with Crippen LogP contribution in [0.4, 0.5) is 5.69 Å². The Kier molecular flexibility index (Phi) is 7.20. The summed E-state index contributed by atoms with van der Waals surface area (Å²) in [5.41, 5.74) is 8.37. The van der Waals surface area contributed by atoms with Crippen molar-refractivity contribution in [1.82, 2.24) is 28.7 Å². The molecule has 5 N–H and O–H groups in total. The average molecular weight is 589 g/mol. The molecule has 14 heteroatoms. The molecule has 1 aromatic carbocycles. The van der Waals surface area contributed by atoms with Crippen LogP contribution in [-0.2, 0) is 19.7 Å². The van der Waals surface area contributed by atoms with Crippen molar-refractivity contribution in [3.63, 3.8) is 0 Å². The van der Waals surface area contributed by atoms with Crippen LogP contribution < -0.4 is 26.4 Å². The number of aromatic nitrogens is 1. The number of carbonyl (C=O) groups excluding carboxylic acids is 1. The van der Waals surface area contributed by atoms with Crippen LogP contribution in [0.15, 0.2) is 35.9 Å². The second-order valence-electron chi connectivity index (χ2n) is 11.2. The van der Waals surface area contributed by atoms with Gasteiger partial charge in [-0.05, 0) is 31.4 Å². The Hall–Kier alpha value is -3.20. The van der Waals surface area contributed by atoms with Gasteiger partial charge >= 0.3 is 10.2 Å². The van der Waals surface area contributed by atoms with Crippen LogP contribution in [-0.4, -0.2) is 97.4 Å². The molecule has 13 nitrogen and oxygen atoms in total. The first-order valence-electron chi connectivity index (χ1n) is 14.3. The van der Waals surface area contributed by atoms with Gasteiger partial charge < -0.3 is 29.9 Å². The lowest BCUT2D eigenvalue weighted by Crippen LogP contribution is -2.76. The van der Waals surface area contributed by atoms with Crippen molar-refractivity contribution < 1.29 is 22.7 Å².